The average Bonchev–Trinajstić information content (AvgIpc) is 2.49. The van der Waals surface area contributed by atoms with Crippen molar-refractivity contribution in [2.45, 2.75) is 25.7 Å². The van der Waals surface area contributed by atoms with Crippen LogP contribution in [-0.2, 0) is 14.8 Å². The van der Waals surface area contributed by atoms with Crippen LogP contribution in [0.3, 0.4) is 0 Å². The third-order valence-electron chi connectivity index (χ3n) is 3.92. The lowest BCUT2D eigenvalue weighted by Crippen LogP contribution is -2.48. The molecule has 0 aliphatic carbocycles. The predicted molar refractivity (Wildman–Crippen MR) is 86.4 cm³/mol. The van der Waals surface area contributed by atoms with Crippen molar-refractivity contribution < 1.29 is 13.2 Å². The smallest absolute Gasteiger partial charge is 0.243 e. The number of carbonyl (C=O) groups excluding carboxylic acids is 1. The Kier molecular flexibility index (Phi) is 5.20. The van der Waals surface area contributed by atoms with Crippen LogP contribution >= 0.6 is 0 Å². The predicted octanol–water partition coefficient (Wildman–Crippen LogP) is 1.28. The fraction of sp³-hybridized carbons (Fsp3) is 0.533. The van der Waals surface area contributed by atoms with Gasteiger partial charge in [-0.05, 0) is 37.2 Å². The second-order valence-corrected chi connectivity index (χ2v) is 7.43. The quantitative estimate of drug-likeness (QED) is 0.905. The molecule has 1 amide bonds. The fourth-order valence-corrected chi connectivity index (χ4v) is 4.07. The number of piperazine rings is 1. The zero-order valence-electron chi connectivity index (χ0n) is 13.3. The van der Waals surface area contributed by atoms with E-state index in [1.807, 2.05) is 0 Å². The van der Waals surface area contributed by atoms with Crippen molar-refractivity contribution in [3.05, 3.63) is 23.8 Å². The van der Waals surface area contributed by atoms with Crippen molar-refractivity contribution in [3.8, 4) is 0 Å². The maximum atomic E-state index is 12.7. The van der Waals surface area contributed by atoms with Gasteiger partial charge in [0, 0.05) is 38.8 Å². The topological polar surface area (TPSA) is 69.7 Å². The highest BCUT2D eigenvalue weighted by Gasteiger charge is 2.28. The Bertz CT molecular complexity index is 650. The number of sulfonamides is 1. The maximum Gasteiger partial charge on any atom is 0.243 e. The van der Waals surface area contributed by atoms with E-state index in [-0.39, 0.29) is 10.8 Å². The van der Waals surface area contributed by atoms with E-state index >= 15 is 0 Å². The maximum absolute atomic E-state index is 12.7. The number of carbonyl (C=O) groups is 1. The molecule has 1 N–H and O–H groups in total. The van der Waals surface area contributed by atoms with Crippen molar-refractivity contribution in [3.63, 3.8) is 0 Å². The van der Waals surface area contributed by atoms with Crippen LogP contribution in [0, 0.1) is 6.92 Å². The number of hydrogen-bond donors (Lipinski definition) is 1. The van der Waals surface area contributed by atoms with Crippen LogP contribution in [-0.4, -0.2) is 56.3 Å². The molecule has 0 atom stereocenters. The molecule has 1 heterocycles. The standard InChI is InChI=1S/C15H23N3O3S/c1-4-17-7-9-18(10-8-17)22(20,21)14-5-6-15(12(2)11-14)16-13(3)19/h5-6,11H,4,7-10H2,1-3H3,(H,16,19). The number of rotatable bonds is 4. The van der Waals surface area contributed by atoms with E-state index in [0.717, 1.165) is 25.2 Å². The summed E-state index contributed by atoms with van der Waals surface area (Å²) in [6, 6.07) is 4.82. The molecule has 1 aromatic carbocycles. The molecule has 1 aliphatic heterocycles. The van der Waals surface area contributed by atoms with Gasteiger partial charge in [-0.2, -0.15) is 4.31 Å². The average molecular weight is 325 g/mol. The first-order valence-electron chi connectivity index (χ1n) is 7.45. The molecule has 0 radical (unpaired) electrons. The highest BCUT2D eigenvalue weighted by atomic mass is 32.2. The van der Waals surface area contributed by atoms with E-state index in [4.69, 9.17) is 0 Å². The molecular weight excluding hydrogens is 302 g/mol. The van der Waals surface area contributed by atoms with Gasteiger partial charge >= 0.3 is 0 Å². The molecular formula is C15H23N3O3S. The third kappa shape index (κ3) is 3.66. The van der Waals surface area contributed by atoms with Crippen LogP contribution in [0.4, 0.5) is 5.69 Å². The van der Waals surface area contributed by atoms with Gasteiger partial charge in [0.05, 0.1) is 4.90 Å². The van der Waals surface area contributed by atoms with E-state index in [2.05, 4.69) is 17.1 Å². The summed E-state index contributed by atoms with van der Waals surface area (Å²) in [6.45, 7) is 8.80. The van der Waals surface area contributed by atoms with Crippen LogP contribution in [0.25, 0.3) is 0 Å². The van der Waals surface area contributed by atoms with E-state index < -0.39 is 10.0 Å². The summed E-state index contributed by atoms with van der Waals surface area (Å²) in [5.74, 6) is -0.172. The summed E-state index contributed by atoms with van der Waals surface area (Å²) in [5.41, 5.74) is 1.38. The highest BCUT2D eigenvalue weighted by molar-refractivity contribution is 7.89. The van der Waals surface area contributed by atoms with E-state index in [1.54, 1.807) is 25.1 Å². The summed E-state index contributed by atoms with van der Waals surface area (Å²) >= 11 is 0. The van der Waals surface area contributed by atoms with Crippen LogP contribution in [0.2, 0.25) is 0 Å². The second-order valence-electron chi connectivity index (χ2n) is 5.50. The summed E-state index contributed by atoms with van der Waals surface area (Å²) in [7, 11) is -3.47. The zero-order valence-corrected chi connectivity index (χ0v) is 14.1. The van der Waals surface area contributed by atoms with Gasteiger partial charge in [0.15, 0.2) is 0 Å². The van der Waals surface area contributed by atoms with Gasteiger partial charge in [-0.1, -0.05) is 6.92 Å². The molecule has 7 heteroatoms. The SMILES string of the molecule is CCN1CCN(S(=O)(=O)c2ccc(NC(C)=O)c(C)c2)CC1. The van der Waals surface area contributed by atoms with Crippen LogP contribution in [0.15, 0.2) is 23.1 Å². The lowest BCUT2D eigenvalue weighted by molar-refractivity contribution is -0.114. The minimum absolute atomic E-state index is 0.172. The van der Waals surface area contributed by atoms with Crippen molar-refractivity contribution in [1.82, 2.24) is 9.21 Å². The molecule has 6 nitrogen and oxygen atoms in total. The third-order valence-corrected chi connectivity index (χ3v) is 5.82. The molecule has 1 fully saturated rings. The molecule has 0 unspecified atom stereocenters. The van der Waals surface area contributed by atoms with Crippen molar-refractivity contribution >= 4 is 21.6 Å². The Morgan fingerprint density at radius 2 is 1.86 bits per heavy atom. The minimum atomic E-state index is -3.47. The second kappa shape index (κ2) is 6.76. The minimum Gasteiger partial charge on any atom is -0.326 e. The Labute approximate surface area is 132 Å². The molecule has 122 valence electrons. The summed E-state index contributed by atoms with van der Waals surface area (Å²) in [6.07, 6.45) is 0. The Hall–Kier alpha value is -1.44. The van der Waals surface area contributed by atoms with Crippen LogP contribution in [0.5, 0.6) is 0 Å². The fourth-order valence-electron chi connectivity index (χ4n) is 2.56. The first kappa shape index (κ1) is 16.9. The summed E-state index contributed by atoms with van der Waals surface area (Å²) in [4.78, 5) is 13.6. The lowest BCUT2D eigenvalue weighted by atomic mass is 10.2. The number of benzene rings is 1. The van der Waals surface area contributed by atoms with Crippen molar-refractivity contribution in [1.29, 1.82) is 0 Å². The lowest BCUT2D eigenvalue weighted by Gasteiger charge is -2.33. The van der Waals surface area contributed by atoms with Gasteiger partial charge in [-0.3, -0.25) is 4.79 Å². The summed E-state index contributed by atoms with van der Waals surface area (Å²) < 4.78 is 26.9. The van der Waals surface area contributed by atoms with Gasteiger partial charge in [0.2, 0.25) is 15.9 Å². The first-order chi connectivity index (χ1) is 10.3. The summed E-state index contributed by atoms with van der Waals surface area (Å²) in [5, 5.41) is 2.69. The molecule has 1 aromatic rings. The van der Waals surface area contributed by atoms with Crippen LogP contribution < -0.4 is 5.32 Å². The molecule has 1 saturated heterocycles. The van der Waals surface area contributed by atoms with Gasteiger partial charge in [0.1, 0.15) is 0 Å². The Morgan fingerprint density at radius 3 is 2.36 bits per heavy atom. The molecule has 0 saturated carbocycles. The van der Waals surface area contributed by atoms with Crippen molar-refractivity contribution in [2.75, 3.05) is 38.0 Å². The Morgan fingerprint density at radius 1 is 1.23 bits per heavy atom. The van der Waals surface area contributed by atoms with E-state index in [0.29, 0.717) is 18.8 Å². The Balaban J connectivity index is 2.19. The largest absolute Gasteiger partial charge is 0.326 e. The number of nitrogens with one attached hydrogen (secondary N) is 1. The molecule has 22 heavy (non-hydrogen) atoms. The number of hydrogen-bond acceptors (Lipinski definition) is 4. The number of nitrogens with zero attached hydrogens (tertiary/aromatic N) is 2. The molecule has 0 bridgehead atoms. The molecule has 0 aromatic heterocycles. The van der Waals surface area contributed by atoms with E-state index in [1.165, 1.54) is 11.2 Å². The number of likely N-dealkylation sites (N-methyl/N-ethyl adjacent to an activating group) is 1. The molecule has 0 spiro atoms. The monoisotopic (exact) mass is 325 g/mol. The van der Waals surface area contributed by atoms with Crippen LogP contribution in [0.1, 0.15) is 19.4 Å². The van der Waals surface area contributed by atoms with Gasteiger partial charge < -0.3 is 10.2 Å². The normalized spacial score (nSPS) is 17.4. The van der Waals surface area contributed by atoms with Gasteiger partial charge in [-0.15, -0.1) is 0 Å². The van der Waals surface area contributed by atoms with E-state index in [9.17, 15) is 13.2 Å². The van der Waals surface area contributed by atoms with Gasteiger partial charge in [-0.25, -0.2) is 8.42 Å². The number of amides is 1. The molecule has 2 rings (SSSR count). The molecule has 1 aliphatic rings. The first-order valence-corrected chi connectivity index (χ1v) is 8.89. The van der Waals surface area contributed by atoms with Gasteiger partial charge in [0.25, 0.3) is 0 Å². The number of aryl methyl sites for hydroxylation is 1. The van der Waals surface area contributed by atoms with Crippen molar-refractivity contribution in [2.24, 2.45) is 0 Å². The highest BCUT2D eigenvalue weighted by Crippen LogP contribution is 2.23. The number of anilines is 1. The zero-order chi connectivity index (χ0) is 16.3.